The van der Waals surface area contributed by atoms with Crippen molar-refractivity contribution in [1.82, 2.24) is 9.97 Å². The Kier molecular flexibility index (Phi) is 4.61. The van der Waals surface area contributed by atoms with Gasteiger partial charge in [0.2, 0.25) is 0 Å². The molecular formula is C12H8ClFN2O4S. The van der Waals surface area contributed by atoms with E-state index in [1.807, 2.05) is 0 Å². The van der Waals surface area contributed by atoms with Crippen LogP contribution in [0.2, 0.25) is 5.02 Å². The Labute approximate surface area is 125 Å². The molecule has 0 spiro atoms. The lowest BCUT2D eigenvalue weighted by Crippen LogP contribution is -2.08. The predicted octanol–water partition coefficient (Wildman–Crippen LogP) is 2.36. The molecule has 1 atom stereocenters. The van der Waals surface area contributed by atoms with Gasteiger partial charge in [-0.15, -0.1) is 0 Å². The molecule has 0 saturated heterocycles. The van der Waals surface area contributed by atoms with Gasteiger partial charge in [0.05, 0.1) is 10.7 Å². The van der Waals surface area contributed by atoms with E-state index in [0.717, 1.165) is 18.3 Å². The van der Waals surface area contributed by atoms with Gasteiger partial charge < -0.3 is 9.66 Å². The minimum Gasteiger partial charge on any atom is -0.478 e. The van der Waals surface area contributed by atoms with E-state index in [4.69, 9.17) is 21.3 Å². The summed E-state index contributed by atoms with van der Waals surface area (Å²) in [4.78, 5) is 18.9. The van der Waals surface area contributed by atoms with Crippen LogP contribution >= 0.6 is 11.6 Å². The first-order valence-electron chi connectivity index (χ1n) is 5.50. The Balaban J connectivity index is 2.62. The van der Waals surface area contributed by atoms with Crippen LogP contribution in [0.3, 0.4) is 0 Å². The van der Waals surface area contributed by atoms with Gasteiger partial charge in [0.25, 0.3) is 0 Å². The van der Waals surface area contributed by atoms with Gasteiger partial charge >= 0.3 is 5.97 Å². The van der Waals surface area contributed by atoms with Gasteiger partial charge in [-0.3, -0.25) is 0 Å². The molecule has 0 radical (unpaired) electrons. The second-order valence-electron chi connectivity index (χ2n) is 3.94. The number of carbonyl (C=O) groups is 1. The second-order valence-corrected chi connectivity index (χ2v) is 5.28. The molecule has 21 heavy (non-hydrogen) atoms. The minimum atomic E-state index is -2.17. The zero-order valence-corrected chi connectivity index (χ0v) is 11.9. The zero-order valence-electron chi connectivity index (χ0n) is 10.3. The standard InChI is InChI=1S/C12H8ClFN2O4S/c13-9-3-6(14)1-2-7(9)11-8(12(17)18)4-15-10(16-11)5-21(19)20/h1-4H,5H2,(H,17,18)(H,19,20). The third-order valence-electron chi connectivity index (χ3n) is 2.51. The maximum Gasteiger partial charge on any atom is 0.339 e. The first-order chi connectivity index (χ1) is 9.88. The van der Waals surface area contributed by atoms with Gasteiger partial charge in [0.1, 0.15) is 23.0 Å². The topological polar surface area (TPSA) is 100 Å². The summed E-state index contributed by atoms with van der Waals surface area (Å²) in [5, 5.41) is 9.12. The van der Waals surface area contributed by atoms with Crippen molar-refractivity contribution in [3.05, 3.63) is 46.6 Å². The lowest BCUT2D eigenvalue weighted by atomic mass is 10.1. The van der Waals surface area contributed by atoms with Crippen LogP contribution in [0.25, 0.3) is 11.3 Å². The molecule has 0 saturated carbocycles. The number of rotatable bonds is 4. The van der Waals surface area contributed by atoms with Crippen LogP contribution in [0.5, 0.6) is 0 Å². The van der Waals surface area contributed by atoms with Crippen molar-refractivity contribution < 1.29 is 23.1 Å². The van der Waals surface area contributed by atoms with E-state index in [9.17, 15) is 13.4 Å². The van der Waals surface area contributed by atoms with Gasteiger partial charge in [0.15, 0.2) is 11.1 Å². The summed E-state index contributed by atoms with van der Waals surface area (Å²) in [6.45, 7) is 0. The van der Waals surface area contributed by atoms with E-state index in [2.05, 4.69) is 9.97 Å². The van der Waals surface area contributed by atoms with E-state index in [-0.39, 0.29) is 33.4 Å². The number of aromatic nitrogens is 2. The predicted molar refractivity (Wildman–Crippen MR) is 73.9 cm³/mol. The number of carboxylic acid groups (broad SMARTS) is 1. The fraction of sp³-hybridized carbons (Fsp3) is 0.0833. The number of halogens is 2. The molecule has 0 fully saturated rings. The molecule has 2 rings (SSSR count). The summed E-state index contributed by atoms with van der Waals surface area (Å²) in [5.41, 5.74) is -0.0817. The van der Waals surface area contributed by atoms with Crippen LogP contribution in [0.1, 0.15) is 16.2 Å². The van der Waals surface area contributed by atoms with E-state index in [1.165, 1.54) is 6.07 Å². The van der Waals surface area contributed by atoms with Crippen LogP contribution in [0.4, 0.5) is 4.39 Å². The average molecular weight is 331 g/mol. The van der Waals surface area contributed by atoms with Crippen molar-refractivity contribution in [3.8, 4) is 11.3 Å². The third-order valence-corrected chi connectivity index (χ3v) is 3.33. The lowest BCUT2D eigenvalue weighted by Gasteiger charge is -2.08. The summed E-state index contributed by atoms with van der Waals surface area (Å²) in [5.74, 6) is -2.24. The molecule has 1 aromatic heterocycles. The molecule has 0 aliphatic carbocycles. The molecule has 2 aromatic rings. The van der Waals surface area contributed by atoms with Crippen LogP contribution in [0, 0.1) is 5.82 Å². The Morgan fingerprint density at radius 1 is 1.43 bits per heavy atom. The summed E-state index contributed by atoms with van der Waals surface area (Å²) in [7, 11) is 0. The summed E-state index contributed by atoms with van der Waals surface area (Å²) in [6.07, 6.45) is 1.02. The highest BCUT2D eigenvalue weighted by molar-refractivity contribution is 7.78. The minimum absolute atomic E-state index is 0.0174. The van der Waals surface area contributed by atoms with Crippen molar-refractivity contribution in [1.29, 1.82) is 0 Å². The number of benzene rings is 1. The van der Waals surface area contributed by atoms with Crippen LogP contribution in [-0.4, -0.2) is 29.8 Å². The highest BCUT2D eigenvalue weighted by Crippen LogP contribution is 2.29. The molecule has 1 unspecified atom stereocenters. The summed E-state index contributed by atoms with van der Waals surface area (Å²) in [6, 6.07) is 3.42. The van der Waals surface area contributed by atoms with Gasteiger partial charge in [0, 0.05) is 11.8 Å². The normalized spacial score (nSPS) is 12.1. The molecule has 1 aromatic carbocycles. The zero-order chi connectivity index (χ0) is 15.6. The summed E-state index contributed by atoms with van der Waals surface area (Å²) < 4.78 is 32.7. The quantitative estimate of drug-likeness (QED) is 0.835. The van der Waals surface area contributed by atoms with Gasteiger partial charge in [-0.25, -0.2) is 23.4 Å². The Morgan fingerprint density at radius 2 is 2.14 bits per heavy atom. The number of hydrogen-bond acceptors (Lipinski definition) is 4. The van der Waals surface area contributed by atoms with Gasteiger partial charge in [-0.1, -0.05) is 11.6 Å². The van der Waals surface area contributed by atoms with Crippen molar-refractivity contribution in [3.63, 3.8) is 0 Å². The van der Waals surface area contributed by atoms with E-state index < -0.39 is 22.9 Å². The largest absolute Gasteiger partial charge is 0.478 e. The Hall–Kier alpha value is -1.90. The number of nitrogens with zero attached hydrogens (tertiary/aromatic N) is 2. The molecular weight excluding hydrogens is 323 g/mol. The fourth-order valence-corrected chi connectivity index (χ4v) is 2.26. The lowest BCUT2D eigenvalue weighted by molar-refractivity contribution is 0.0697. The Morgan fingerprint density at radius 3 is 2.71 bits per heavy atom. The molecule has 2 N–H and O–H groups in total. The third kappa shape index (κ3) is 3.60. The number of hydrogen-bond donors (Lipinski definition) is 2. The van der Waals surface area contributed by atoms with Gasteiger partial charge in [-0.2, -0.15) is 0 Å². The maximum atomic E-state index is 13.1. The number of aromatic carboxylic acids is 1. The van der Waals surface area contributed by atoms with E-state index >= 15 is 0 Å². The van der Waals surface area contributed by atoms with E-state index in [0.29, 0.717) is 0 Å². The van der Waals surface area contributed by atoms with Crippen molar-refractivity contribution >= 4 is 28.7 Å². The van der Waals surface area contributed by atoms with Crippen LogP contribution < -0.4 is 0 Å². The van der Waals surface area contributed by atoms with Crippen LogP contribution in [0.15, 0.2) is 24.4 Å². The Bertz CT molecular complexity index is 741. The van der Waals surface area contributed by atoms with Crippen molar-refractivity contribution in [2.45, 2.75) is 5.75 Å². The molecule has 110 valence electrons. The van der Waals surface area contributed by atoms with Gasteiger partial charge in [-0.05, 0) is 18.2 Å². The highest BCUT2D eigenvalue weighted by Gasteiger charge is 2.18. The first kappa shape index (κ1) is 15.5. The molecule has 9 heteroatoms. The average Bonchev–Trinajstić information content (AvgIpc) is 2.37. The SMILES string of the molecule is O=C(O)c1cnc(CS(=O)O)nc1-c1ccc(F)cc1Cl. The molecule has 6 nitrogen and oxygen atoms in total. The van der Waals surface area contributed by atoms with Crippen LogP contribution in [-0.2, 0) is 16.8 Å². The fourth-order valence-electron chi connectivity index (χ4n) is 1.64. The van der Waals surface area contributed by atoms with Crippen molar-refractivity contribution in [2.24, 2.45) is 0 Å². The smallest absolute Gasteiger partial charge is 0.339 e. The molecule has 0 aliphatic rings. The maximum absolute atomic E-state index is 13.1. The highest BCUT2D eigenvalue weighted by atomic mass is 35.5. The first-order valence-corrected chi connectivity index (χ1v) is 7.16. The second kappa shape index (κ2) is 6.25. The monoisotopic (exact) mass is 330 g/mol. The molecule has 0 aliphatic heterocycles. The molecule has 1 heterocycles. The van der Waals surface area contributed by atoms with E-state index in [1.54, 1.807) is 0 Å². The van der Waals surface area contributed by atoms with Crippen molar-refractivity contribution in [2.75, 3.05) is 0 Å². The molecule has 0 bridgehead atoms. The molecule has 0 amide bonds. The number of carboxylic acids is 1. The summed E-state index contributed by atoms with van der Waals surface area (Å²) >= 11 is 3.72.